The van der Waals surface area contributed by atoms with E-state index in [4.69, 9.17) is 5.73 Å². The van der Waals surface area contributed by atoms with Gasteiger partial charge in [0, 0.05) is 12.1 Å². The first-order valence-electron chi connectivity index (χ1n) is 4.44. The summed E-state index contributed by atoms with van der Waals surface area (Å²) in [5.41, 5.74) is 8.76. The van der Waals surface area contributed by atoms with Crippen molar-refractivity contribution in [2.24, 2.45) is 0 Å². The number of Topliss-reactive ketones (excluding diaryl/α,β-unsaturated/α-hetero) is 1. The van der Waals surface area contributed by atoms with Crippen LogP contribution in [0.15, 0.2) is 18.2 Å². The van der Waals surface area contributed by atoms with Gasteiger partial charge in [-0.15, -0.1) is 0 Å². The predicted octanol–water partition coefficient (Wildman–Crippen LogP) is 2.10. The topological polar surface area (TPSA) is 43.1 Å². The van der Waals surface area contributed by atoms with Gasteiger partial charge in [0.25, 0.3) is 0 Å². The highest BCUT2D eigenvalue weighted by molar-refractivity contribution is 5.75. The van der Waals surface area contributed by atoms with Crippen molar-refractivity contribution in [2.45, 2.75) is 26.7 Å². The number of ketones is 1. The summed E-state index contributed by atoms with van der Waals surface area (Å²) in [6.07, 6.45) is 1.43. The van der Waals surface area contributed by atoms with Crippen LogP contribution in [0.2, 0.25) is 0 Å². The first kappa shape index (κ1) is 9.78. The second-order valence-corrected chi connectivity index (χ2v) is 3.39. The van der Waals surface area contributed by atoms with Crippen molar-refractivity contribution in [3.63, 3.8) is 0 Å². The number of nitrogen functional groups attached to an aromatic ring is 1. The second-order valence-electron chi connectivity index (χ2n) is 3.39. The summed E-state index contributed by atoms with van der Waals surface area (Å²) < 4.78 is 0. The molecule has 0 fully saturated rings. The zero-order valence-electron chi connectivity index (χ0n) is 8.13. The zero-order valence-corrected chi connectivity index (χ0v) is 8.13. The maximum atomic E-state index is 10.7. The monoisotopic (exact) mass is 177 g/mol. The Morgan fingerprint density at radius 2 is 2.15 bits per heavy atom. The molecule has 2 heteroatoms. The minimum absolute atomic E-state index is 0.231. The largest absolute Gasteiger partial charge is 0.399 e. The molecule has 0 spiro atoms. The molecule has 0 aliphatic carbocycles. The molecule has 2 nitrogen and oxygen atoms in total. The van der Waals surface area contributed by atoms with Crippen molar-refractivity contribution in [2.75, 3.05) is 5.73 Å². The normalized spacial score (nSPS) is 10.0. The maximum absolute atomic E-state index is 10.7. The lowest BCUT2D eigenvalue weighted by atomic mass is 10.0. The number of aryl methyl sites for hydroxylation is 2. The number of benzene rings is 1. The molecule has 0 saturated heterocycles. The number of nitrogens with two attached hydrogens (primary N) is 1. The average Bonchev–Trinajstić information content (AvgIpc) is 2.07. The molecule has 2 N–H and O–H groups in total. The van der Waals surface area contributed by atoms with Crippen LogP contribution in [0.3, 0.4) is 0 Å². The molecule has 0 aliphatic heterocycles. The molecule has 0 atom stereocenters. The highest BCUT2D eigenvalue weighted by atomic mass is 16.1. The van der Waals surface area contributed by atoms with Crippen LogP contribution in [-0.2, 0) is 11.2 Å². The van der Waals surface area contributed by atoms with E-state index in [1.54, 1.807) is 6.92 Å². The number of carbonyl (C=O) groups is 1. The van der Waals surface area contributed by atoms with Crippen LogP contribution < -0.4 is 5.73 Å². The van der Waals surface area contributed by atoms with E-state index >= 15 is 0 Å². The van der Waals surface area contributed by atoms with Gasteiger partial charge in [-0.1, -0.05) is 12.1 Å². The Morgan fingerprint density at radius 3 is 2.69 bits per heavy atom. The molecule has 0 bridgehead atoms. The Kier molecular flexibility index (Phi) is 3.07. The molecular weight excluding hydrogens is 162 g/mol. The van der Waals surface area contributed by atoms with Gasteiger partial charge in [0.1, 0.15) is 5.78 Å². The van der Waals surface area contributed by atoms with Crippen LogP contribution in [0.25, 0.3) is 0 Å². The van der Waals surface area contributed by atoms with E-state index in [0.29, 0.717) is 6.42 Å². The quantitative estimate of drug-likeness (QED) is 0.718. The van der Waals surface area contributed by atoms with E-state index < -0.39 is 0 Å². The van der Waals surface area contributed by atoms with Gasteiger partial charge in [-0.05, 0) is 37.5 Å². The van der Waals surface area contributed by atoms with Crippen molar-refractivity contribution < 1.29 is 4.79 Å². The summed E-state index contributed by atoms with van der Waals surface area (Å²) in [6, 6.07) is 5.91. The number of carbonyl (C=O) groups excluding carboxylic acids is 1. The van der Waals surface area contributed by atoms with Crippen molar-refractivity contribution in [1.29, 1.82) is 0 Å². The third kappa shape index (κ3) is 2.90. The summed E-state index contributed by atoms with van der Waals surface area (Å²) in [4.78, 5) is 10.7. The molecule has 13 heavy (non-hydrogen) atoms. The summed E-state index contributed by atoms with van der Waals surface area (Å²) >= 11 is 0. The van der Waals surface area contributed by atoms with Crippen molar-refractivity contribution in [3.05, 3.63) is 29.3 Å². The Hall–Kier alpha value is -1.31. The highest BCUT2D eigenvalue weighted by Crippen LogP contribution is 2.13. The molecule has 0 aliphatic rings. The Labute approximate surface area is 78.8 Å². The van der Waals surface area contributed by atoms with E-state index in [1.165, 1.54) is 5.56 Å². The standard InChI is InChI=1S/C11H15NO/c1-8-7-10(4-3-9(2)13)5-6-11(8)12/h5-7H,3-4,12H2,1-2H3. The van der Waals surface area contributed by atoms with E-state index in [9.17, 15) is 4.79 Å². The Balaban J connectivity index is 2.68. The number of hydrogen-bond acceptors (Lipinski definition) is 2. The molecule has 0 unspecified atom stereocenters. The van der Waals surface area contributed by atoms with Gasteiger partial charge < -0.3 is 10.5 Å². The number of hydrogen-bond donors (Lipinski definition) is 1. The number of rotatable bonds is 3. The fraction of sp³-hybridized carbons (Fsp3) is 0.364. The van der Waals surface area contributed by atoms with Gasteiger partial charge in [0.15, 0.2) is 0 Å². The first-order valence-corrected chi connectivity index (χ1v) is 4.44. The van der Waals surface area contributed by atoms with Crippen molar-refractivity contribution in [3.8, 4) is 0 Å². The lowest BCUT2D eigenvalue weighted by molar-refractivity contribution is -0.116. The van der Waals surface area contributed by atoms with Gasteiger partial charge in [-0.3, -0.25) is 0 Å². The smallest absolute Gasteiger partial charge is 0.130 e. The SMILES string of the molecule is CC(=O)CCc1ccc(N)c(C)c1. The molecule has 0 radical (unpaired) electrons. The van der Waals surface area contributed by atoms with E-state index in [2.05, 4.69) is 0 Å². The minimum atomic E-state index is 0.231. The summed E-state index contributed by atoms with van der Waals surface area (Å²) in [5.74, 6) is 0.231. The number of anilines is 1. The highest BCUT2D eigenvalue weighted by Gasteiger charge is 1.98. The van der Waals surface area contributed by atoms with Gasteiger partial charge in [-0.25, -0.2) is 0 Å². The second kappa shape index (κ2) is 4.08. The van der Waals surface area contributed by atoms with E-state index in [-0.39, 0.29) is 5.78 Å². The van der Waals surface area contributed by atoms with E-state index in [1.807, 2.05) is 25.1 Å². The van der Waals surface area contributed by atoms with Crippen LogP contribution in [0.1, 0.15) is 24.5 Å². The van der Waals surface area contributed by atoms with Crippen molar-refractivity contribution >= 4 is 11.5 Å². The van der Waals surface area contributed by atoms with E-state index in [0.717, 1.165) is 17.7 Å². The van der Waals surface area contributed by atoms with Crippen LogP contribution in [0.4, 0.5) is 5.69 Å². The average molecular weight is 177 g/mol. The van der Waals surface area contributed by atoms with Crippen LogP contribution in [0, 0.1) is 6.92 Å². The molecule has 1 rings (SSSR count). The molecule has 1 aromatic carbocycles. The Bertz CT molecular complexity index is 318. The van der Waals surface area contributed by atoms with Crippen LogP contribution in [-0.4, -0.2) is 5.78 Å². The third-order valence-corrected chi connectivity index (χ3v) is 2.10. The van der Waals surface area contributed by atoms with Crippen LogP contribution >= 0.6 is 0 Å². The lowest BCUT2D eigenvalue weighted by Gasteiger charge is -2.03. The molecular formula is C11H15NO. The van der Waals surface area contributed by atoms with Gasteiger partial charge in [0.2, 0.25) is 0 Å². The van der Waals surface area contributed by atoms with Gasteiger partial charge in [-0.2, -0.15) is 0 Å². The lowest BCUT2D eigenvalue weighted by Crippen LogP contribution is -1.96. The van der Waals surface area contributed by atoms with Gasteiger partial charge in [0.05, 0.1) is 0 Å². The minimum Gasteiger partial charge on any atom is -0.399 e. The van der Waals surface area contributed by atoms with Gasteiger partial charge >= 0.3 is 0 Å². The zero-order chi connectivity index (χ0) is 9.84. The third-order valence-electron chi connectivity index (χ3n) is 2.10. The van der Waals surface area contributed by atoms with Crippen LogP contribution in [0.5, 0.6) is 0 Å². The molecule has 0 saturated carbocycles. The summed E-state index contributed by atoms with van der Waals surface area (Å²) in [6.45, 7) is 3.59. The molecule has 0 amide bonds. The first-order chi connectivity index (χ1) is 6.09. The molecule has 0 aromatic heterocycles. The fourth-order valence-corrected chi connectivity index (χ4v) is 1.21. The summed E-state index contributed by atoms with van der Waals surface area (Å²) in [7, 11) is 0. The molecule has 70 valence electrons. The Morgan fingerprint density at radius 1 is 1.46 bits per heavy atom. The molecule has 1 aromatic rings. The molecule has 0 heterocycles. The fourth-order valence-electron chi connectivity index (χ4n) is 1.21. The maximum Gasteiger partial charge on any atom is 0.130 e. The van der Waals surface area contributed by atoms with Crippen molar-refractivity contribution in [1.82, 2.24) is 0 Å². The summed E-state index contributed by atoms with van der Waals surface area (Å²) in [5, 5.41) is 0. The predicted molar refractivity (Wildman–Crippen MR) is 54.6 cm³/mol.